The first-order chi connectivity index (χ1) is 8.85. The molecule has 0 amide bonds. The first-order valence-corrected chi connectivity index (χ1v) is 7.09. The zero-order valence-corrected chi connectivity index (χ0v) is 11.3. The number of hydrogen-bond acceptors (Lipinski definition) is 2. The van der Waals surface area contributed by atoms with Crippen molar-refractivity contribution in [2.75, 3.05) is 0 Å². The van der Waals surface area contributed by atoms with Gasteiger partial charge in [0.15, 0.2) is 0 Å². The molecule has 2 nitrogen and oxygen atoms in total. The molecule has 0 heterocycles. The predicted molar refractivity (Wildman–Crippen MR) is 77.1 cm³/mol. The molecule has 2 rings (SSSR count). The van der Waals surface area contributed by atoms with Crippen molar-refractivity contribution in [2.45, 2.75) is 51.5 Å². The van der Waals surface area contributed by atoms with E-state index >= 15 is 0 Å². The molecule has 0 fully saturated rings. The molecule has 1 aromatic rings. The van der Waals surface area contributed by atoms with Gasteiger partial charge in [0.1, 0.15) is 0 Å². The summed E-state index contributed by atoms with van der Waals surface area (Å²) in [7, 11) is 0. The van der Waals surface area contributed by atoms with Crippen LogP contribution in [0.25, 0.3) is 0 Å². The predicted octanol–water partition coefficient (Wildman–Crippen LogP) is 3.64. The van der Waals surface area contributed by atoms with Crippen LogP contribution in [0.2, 0.25) is 0 Å². The van der Waals surface area contributed by atoms with E-state index in [0.29, 0.717) is 0 Å². The second kappa shape index (κ2) is 6.72. The fourth-order valence-corrected chi connectivity index (χ4v) is 2.67. The number of rotatable bonds is 4. The van der Waals surface area contributed by atoms with E-state index < -0.39 is 0 Å². The first-order valence-electron chi connectivity index (χ1n) is 7.09. The second-order valence-electron chi connectivity index (χ2n) is 5.07. The highest BCUT2D eigenvalue weighted by Crippen LogP contribution is 2.28. The summed E-state index contributed by atoms with van der Waals surface area (Å²) in [5.41, 5.74) is 7.10. The fourth-order valence-electron chi connectivity index (χ4n) is 2.67. The van der Waals surface area contributed by atoms with E-state index in [-0.39, 0.29) is 6.04 Å². The van der Waals surface area contributed by atoms with Gasteiger partial charge in [-0.3, -0.25) is 5.84 Å². The summed E-state index contributed by atoms with van der Waals surface area (Å²) >= 11 is 0. The lowest BCUT2D eigenvalue weighted by molar-refractivity contribution is 0.593. The Bertz CT molecular complexity index is 392. The number of aryl methyl sites for hydroxylation is 1. The van der Waals surface area contributed by atoms with Gasteiger partial charge in [0, 0.05) is 0 Å². The van der Waals surface area contributed by atoms with Gasteiger partial charge in [-0.1, -0.05) is 49.3 Å². The minimum absolute atomic E-state index is 0.189. The van der Waals surface area contributed by atoms with Crippen molar-refractivity contribution < 1.29 is 0 Å². The van der Waals surface area contributed by atoms with E-state index in [0.717, 1.165) is 6.42 Å². The van der Waals surface area contributed by atoms with Gasteiger partial charge in [-0.2, -0.15) is 0 Å². The molecule has 0 saturated heterocycles. The molecular formula is C16H24N2. The number of nitrogens with two attached hydrogens (primary N) is 1. The van der Waals surface area contributed by atoms with Crippen LogP contribution in [0.3, 0.4) is 0 Å². The standard InChI is InChI=1S/C16H24N2/c1-2-13-9-11-15(12-10-13)16(18-17)14-7-5-3-4-6-8-14/h7,9-12,16,18H,2-6,8,17H2,1H3. The monoisotopic (exact) mass is 244 g/mol. The van der Waals surface area contributed by atoms with E-state index in [9.17, 15) is 0 Å². The number of hydrogen-bond donors (Lipinski definition) is 2. The Morgan fingerprint density at radius 2 is 1.94 bits per heavy atom. The van der Waals surface area contributed by atoms with Gasteiger partial charge in [-0.15, -0.1) is 0 Å². The van der Waals surface area contributed by atoms with Crippen LogP contribution in [0.5, 0.6) is 0 Å². The minimum atomic E-state index is 0.189. The molecule has 3 N–H and O–H groups in total. The largest absolute Gasteiger partial charge is 0.271 e. The van der Waals surface area contributed by atoms with Gasteiger partial charge >= 0.3 is 0 Å². The van der Waals surface area contributed by atoms with E-state index in [1.165, 1.54) is 48.8 Å². The molecule has 1 aliphatic rings. The Kier molecular flexibility index (Phi) is 4.97. The molecule has 0 aromatic heterocycles. The van der Waals surface area contributed by atoms with Gasteiger partial charge in [-0.25, -0.2) is 5.43 Å². The van der Waals surface area contributed by atoms with Crippen molar-refractivity contribution in [3.63, 3.8) is 0 Å². The zero-order valence-electron chi connectivity index (χ0n) is 11.3. The molecule has 0 spiro atoms. The van der Waals surface area contributed by atoms with Gasteiger partial charge < -0.3 is 0 Å². The zero-order chi connectivity index (χ0) is 12.8. The lowest BCUT2D eigenvalue weighted by Crippen LogP contribution is -2.29. The number of benzene rings is 1. The third kappa shape index (κ3) is 3.21. The second-order valence-corrected chi connectivity index (χ2v) is 5.07. The van der Waals surface area contributed by atoms with Crippen LogP contribution in [0.4, 0.5) is 0 Å². The Labute approximate surface area is 110 Å². The number of hydrazine groups is 1. The molecule has 1 aromatic carbocycles. The number of allylic oxidation sites excluding steroid dienone is 1. The molecule has 1 atom stereocenters. The average Bonchev–Trinajstić information content (AvgIpc) is 2.70. The van der Waals surface area contributed by atoms with Gasteiger partial charge in [0.2, 0.25) is 0 Å². The summed E-state index contributed by atoms with van der Waals surface area (Å²) < 4.78 is 0. The van der Waals surface area contributed by atoms with Crippen molar-refractivity contribution in [2.24, 2.45) is 5.84 Å². The normalized spacial score (nSPS) is 18.0. The van der Waals surface area contributed by atoms with Crippen molar-refractivity contribution in [1.29, 1.82) is 0 Å². The SMILES string of the molecule is CCc1ccc(C(NN)C2=CCCCCC2)cc1. The van der Waals surface area contributed by atoms with Crippen LogP contribution in [-0.4, -0.2) is 0 Å². The van der Waals surface area contributed by atoms with Crippen LogP contribution in [0.1, 0.15) is 56.2 Å². The number of nitrogens with one attached hydrogen (secondary N) is 1. The van der Waals surface area contributed by atoms with Crippen LogP contribution < -0.4 is 11.3 Å². The maximum atomic E-state index is 5.77. The van der Waals surface area contributed by atoms with E-state index in [4.69, 9.17) is 5.84 Å². The van der Waals surface area contributed by atoms with Crippen LogP contribution in [0, 0.1) is 0 Å². The third-order valence-electron chi connectivity index (χ3n) is 3.83. The Morgan fingerprint density at radius 1 is 1.17 bits per heavy atom. The maximum absolute atomic E-state index is 5.77. The summed E-state index contributed by atoms with van der Waals surface area (Å²) in [5, 5.41) is 0. The van der Waals surface area contributed by atoms with E-state index in [1.807, 2.05) is 0 Å². The molecule has 18 heavy (non-hydrogen) atoms. The van der Waals surface area contributed by atoms with Crippen molar-refractivity contribution >= 4 is 0 Å². The Balaban J connectivity index is 2.18. The summed E-state index contributed by atoms with van der Waals surface area (Å²) in [5.74, 6) is 5.77. The summed E-state index contributed by atoms with van der Waals surface area (Å²) in [4.78, 5) is 0. The Hall–Kier alpha value is -1.12. The van der Waals surface area contributed by atoms with Crippen LogP contribution in [-0.2, 0) is 6.42 Å². The van der Waals surface area contributed by atoms with Crippen molar-refractivity contribution in [1.82, 2.24) is 5.43 Å². The molecule has 2 heteroatoms. The lowest BCUT2D eigenvalue weighted by Gasteiger charge is -2.20. The molecule has 0 saturated carbocycles. The average molecular weight is 244 g/mol. The molecule has 0 aliphatic heterocycles. The smallest absolute Gasteiger partial charge is 0.0670 e. The van der Waals surface area contributed by atoms with Crippen molar-refractivity contribution in [3.8, 4) is 0 Å². The van der Waals surface area contributed by atoms with Gasteiger partial charge in [-0.05, 0) is 43.2 Å². The summed E-state index contributed by atoms with van der Waals surface area (Å²) in [6, 6.07) is 9.01. The molecule has 1 unspecified atom stereocenters. The molecule has 98 valence electrons. The summed E-state index contributed by atoms with van der Waals surface area (Å²) in [6.45, 7) is 2.18. The minimum Gasteiger partial charge on any atom is -0.271 e. The molecular weight excluding hydrogens is 220 g/mol. The summed E-state index contributed by atoms with van der Waals surface area (Å²) in [6.07, 6.45) is 9.78. The topological polar surface area (TPSA) is 38.0 Å². The van der Waals surface area contributed by atoms with Crippen molar-refractivity contribution in [3.05, 3.63) is 47.0 Å². The first kappa shape index (κ1) is 13.3. The lowest BCUT2D eigenvalue weighted by atomic mass is 9.95. The quantitative estimate of drug-likeness (QED) is 0.482. The maximum Gasteiger partial charge on any atom is 0.0670 e. The van der Waals surface area contributed by atoms with Crippen LogP contribution >= 0.6 is 0 Å². The highest BCUT2D eigenvalue weighted by atomic mass is 15.2. The fraction of sp³-hybridized carbons (Fsp3) is 0.500. The Morgan fingerprint density at radius 3 is 2.61 bits per heavy atom. The molecule has 0 radical (unpaired) electrons. The van der Waals surface area contributed by atoms with E-state index in [1.54, 1.807) is 0 Å². The molecule has 1 aliphatic carbocycles. The van der Waals surface area contributed by atoms with Gasteiger partial charge in [0.25, 0.3) is 0 Å². The van der Waals surface area contributed by atoms with E-state index in [2.05, 4.69) is 42.7 Å². The molecule has 0 bridgehead atoms. The van der Waals surface area contributed by atoms with Crippen LogP contribution in [0.15, 0.2) is 35.9 Å². The highest BCUT2D eigenvalue weighted by Gasteiger charge is 2.15. The third-order valence-corrected chi connectivity index (χ3v) is 3.83. The highest BCUT2D eigenvalue weighted by molar-refractivity contribution is 5.31. The van der Waals surface area contributed by atoms with Gasteiger partial charge in [0.05, 0.1) is 6.04 Å².